The average molecular weight is 386 g/mol. The van der Waals surface area contributed by atoms with Crippen LogP contribution >= 0.6 is 31.9 Å². The smallest absolute Gasteiger partial charge is 0.133 e. The first-order chi connectivity index (χ1) is 8.88. The molecule has 19 heavy (non-hydrogen) atoms. The topological polar surface area (TPSA) is 40.5 Å². The fourth-order valence-electron chi connectivity index (χ4n) is 2.12. The summed E-state index contributed by atoms with van der Waals surface area (Å²) in [5.41, 5.74) is 3.60. The number of rotatable bonds is 2. The molecule has 2 rings (SSSR count). The molecule has 0 aliphatic rings. The van der Waals surface area contributed by atoms with Crippen LogP contribution in [0.15, 0.2) is 33.2 Å². The van der Waals surface area contributed by atoms with E-state index >= 15 is 0 Å². The van der Waals surface area contributed by atoms with Crippen molar-refractivity contribution >= 4 is 31.9 Å². The van der Waals surface area contributed by atoms with E-state index in [1.165, 1.54) is 0 Å². The van der Waals surface area contributed by atoms with Crippen LogP contribution in [0.2, 0.25) is 0 Å². The molecule has 0 fully saturated rings. The predicted molar refractivity (Wildman–Crippen MR) is 83.9 cm³/mol. The summed E-state index contributed by atoms with van der Waals surface area (Å²) in [4.78, 5) is 0. The molecule has 0 bridgehead atoms. The van der Waals surface area contributed by atoms with Crippen LogP contribution in [0.25, 0.3) is 0 Å². The first-order valence-corrected chi connectivity index (χ1v) is 7.43. The van der Waals surface area contributed by atoms with Gasteiger partial charge < -0.3 is 10.2 Å². The molecular weight excluding hydrogens is 372 g/mol. The van der Waals surface area contributed by atoms with Gasteiger partial charge in [-0.2, -0.15) is 0 Å². The predicted octanol–water partition coefficient (Wildman–Crippen LogP) is 4.83. The van der Waals surface area contributed by atoms with Crippen molar-refractivity contribution in [1.29, 1.82) is 0 Å². The van der Waals surface area contributed by atoms with Crippen molar-refractivity contribution in [3.63, 3.8) is 0 Å². The van der Waals surface area contributed by atoms with Gasteiger partial charge in [0.15, 0.2) is 0 Å². The number of aromatic hydroxyl groups is 2. The Kier molecular flexibility index (Phi) is 4.21. The largest absolute Gasteiger partial charge is 0.507 e. The molecule has 0 saturated heterocycles. The zero-order valence-corrected chi connectivity index (χ0v) is 13.8. The standard InChI is InChI=1S/C15H14Br2O2/c1-8-3-10(4-9(2)14(8)18)5-11-6-12(16)7-13(17)15(11)19/h3-4,6-7,18-19H,5H2,1-2H3. The SMILES string of the molecule is Cc1cc(Cc2cc(Br)cc(Br)c2O)cc(C)c1O. The second-order valence-electron chi connectivity index (χ2n) is 4.65. The van der Waals surface area contributed by atoms with Crippen molar-refractivity contribution in [1.82, 2.24) is 0 Å². The van der Waals surface area contributed by atoms with Crippen LogP contribution in [-0.2, 0) is 6.42 Å². The van der Waals surface area contributed by atoms with Crippen LogP contribution in [0, 0.1) is 13.8 Å². The van der Waals surface area contributed by atoms with Gasteiger partial charge in [-0.15, -0.1) is 0 Å². The van der Waals surface area contributed by atoms with Gasteiger partial charge in [0.2, 0.25) is 0 Å². The summed E-state index contributed by atoms with van der Waals surface area (Å²) in [6.07, 6.45) is 0.617. The molecular formula is C15H14Br2O2. The van der Waals surface area contributed by atoms with Crippen LogP contribution in [0.1, 0.15) is 22.3 Å². The molecule has 0 heterocycles. The monoisotopic (exact) mass is 384 g/mol. The Bertz CT molecular complexity index is 613. The van der Waals surface area contributed by atoms with Crippen molar-refractivity contribution in [2.24, 2.45) is 0 Å². The number of phenolic OH excluding ortho intramolecular Hbond substituents is 2. The summed E-state index contributed by atoms with van der Waals surface area (Å²) in [6, 6.07) is 7.59. The van der Waals surface area contributed by atoms with Crippen LogP contribution in [0.4, 0.5) is 0 Å². The normalized spacial score (nSPS) is 10.7. The average Bonchev–Trinajstić information content (AvgIpc) is 2.32. The lowest BCUT2D eigenvalue weighted by atomic mass is 9.99. The number of benzene rings is 2. The van der Waals surface area contributed by atoms with E-state index in [-0.39, 0.29) is 5.75 Å². The molecule has 2 N–H and O–H groups in total. The van der Waals surface area contributed by atoms with Gasteiger partial charge >= 0.3 is 0 Å². The molecule has 0 unspecified atom stereocenters. The Morgan fingerprint density at radius 1 is 0.895 bits per heavy atom. The molecule has 0 aliphatic carbocycles. The van der Waals surface area contributed by atoms with Gasteiger partial charge in [-0.3, -0.25) is 0 Å². The molecule has 4 heteroatoms. The highest BCUT2D eigenvalue weighted by Gasteiger charge is 2.10. The van der Waals surface area contributed by atoms with Crippen LogP contribution in [0.5, 0.6) is 11.5 Å². The van der Waals surface area contributed by atoms with E-state index < -0.39 is 0 Å². The molecule has 0 spiro atoms. The number of hydrogen-bond acceptors (Lipinski definition) is 2. The summed E-state index contributed by atoms with van der Waals surface area (Å²) in [5, 5.41) is 19.8. The third-order valence-electron chi connectivity index (χ3n) is 3.05. The van der Waals surface area contributed by atoms with Gasteiger partial charge in [0.25, 0.3) is 0 Å². The second-order valence-corrected chi connectivity index (χ2v) is 6.42. The van der Waals surface area contributed by atoms with Crippen LogP contribution < -0.4 is 0 Å². The van der Waals surface area contributed by atoms with Gasteiger partial charge in [0.1, 0.15) is 11.5 Å². The van der Waals surface area contributed by atoms with Crippen molar-refractivity contribution in [2.75, 3.05) is 0 Å². The molecule has 0 radical (unpaired) electrons. The first-order valence-electron chi connectivity index (χ1n) is 5.84. The van der Waals surface area contributed by atoms with E-state index in [0.717, 1.165) is 26.7 Å². The molecule has 100 valence electrons. The Morgan fingerprint density at radius 3 is 2.05 bits per heavy atom. The lowest BCUT2D eigenvalue weighted by Gasteiger charge is -2.10. The molecule has 0 atom stereocenters. The number of aryl methyl sites for hydroxylation is 2. The Hall–Kier alpha value is -1.00. The number of halogens is 2. The minimum Gasteiger partial charge on any atom is -0.507 e. The molecule has 0 saturated carbocycles. The first kappa shape index (κ1) is 14.4. The van der Waals surface area contributed by atoms with Gasteiger partial charge in [0.05, 0.1) is 4.47 Å². The van der Waals surface area contributed by atoms with Gasteiger partial charge in [-0.05, 0) is 58.6 Å². The third kappa shape index (κ3) is 3.12. The maximum absolute atomic E-state index is 10.1. The van der Waals surface area contributed by atoms with Gasteiger partial charge in [-0.1, -0.05) is 28.1 Å². The van der Waals surface area contributed by atoms with E-state index in [1.807, 2.05) is 38.1 Å². The maximum atomic E-state index is 10.1. The molecule has 0 amide bonds. The molecule has 0 aromatic heterocycles. The van der Waals surface area contributed by atoms with E-state index in [9.17, 15) is 10.2 Å². The van der Waals surface area contributed by atoms with Gasteiger partial charge in [-0.25, -0.2) is 0 Å². The quantitative estimate of drug-likeness (QED) is 0.777. The summed E-state index contributed by atoms with van der Waals surface area (Å²) >= 11 is 6.75. The lowest BCUT2D eigenvalue weighted by Crippen LogP contribution is -1.93. The zero-order valence-electron chi connectivity index (χ0n) is 10.7. The number of phenols is 2. The van der Waals surface area contributed by atoms with Crippen molar-refractivity contribution in [3.05, 3.63) is 55.5 Å². The molecule has 2 aromatic rings. The fraction of sp³-hybridized carbons (Fsp3) is 0.200. The third-order valence-corrected chi connectivity index (χ3v) is 4.11. The van der Waals surface area contributed by atoms with E-state index in [2.05, 4.69) is 31.9 Å². The van der Waals surface area contributed by atoms with E-state index in [1.54, 1.807) is 0 Å². The second kappa shape index (κ2) is 5.55. The minimum absolute atomic E-state index is 0.256. The highest BCUT2D eigenvalue weighted by atomic mass is 79.9. The fourth-order valence-corrected chi connectivity index (χ4v) is 3.44. The lowest BCUT2D eigenvalue weighted by molar-refractivity contribution is 0.465. The molecule has 0 aliphatic heterocycles. The Balaban J connectivity index is 2.42. The summed E-state index contributed by atoms with van der Waals surface area (Å²) < 4.78 is 1.59. The van der Waals surface area contributed by atoms with Crippen molar-refractivity contribution in [2.45, 2.75) is 20.3 Å². The molecule has 2 aromatic carbocycles. The van der Waals surface area contributed by atoms with Crippen molar-refractivity contribution in [3.8, 4) is 11.5 Å². The minimum atomic E-state index is 0.256. The number of hydrogen-bond donors (Lipinski definition) is 2. The van der Waals surface area contributed by atoms with Crippen LogP contribution in [0.3, 0.4) is 0 Å². The highest BCUT2D eigenvalue weighted by Crippen LogP contribution is 2.34. The van der Waals surface area contributed by atoms with Gasteiger partial charge in [0, 0.05) is 16.5 Å². The summed E-state index contributed by atoms with van der Waals surface area (Å²) in [6.45, 7) is 3.75. The van der Waals surface area contributed by atoms with E-state index in [4.69, 9.17) is 0 Å². The van der Waals surface area contributed by atoms with Crippen LogP contribution in [-0.4, -0.2) is 10.2 Å². The highest BCUT2D eigenvalue weighted by molar-refractivity contribution is 9.11. The van der Waals surface area contributed by atoms with Crippen molar-refractivity contribution < 1.29 is 10.2 Å². The Morgan fingerprint density at radius 2 is 1.47 bits per heavy atom. The summed E-state index contributed by atoms with van der Waals surface area (Å²) in [7, 11) is 0. The maximum Gasteiger partial charge on any atom is 0.133 e. The summed E-state index contributed by atoms with van der Waals surface area (Å²) in [5.74, 6) is 0.593. The molecule has 2 nitrogen and oxygen atoms in total. The Labute approximate surface area is 129 Å². The van der Waals surface area contributed by atoms with E-state index in [0.29, 0.717) is 16.6 Å². The zero-order chi connectivity index (χ0) is 14.2.